The average molecular weight is 427 g/mol. The fourth-order valence-corrected chi connectivity index (χ4v) is 3.75. The zero-order valence-electron chi connectivity index (χ0n) is 12.5. The molecule has 0 aliphatic carbocycles. The molecule has 0 radical (unpaired) electrons. The number of ether oxygens (including phenoxy) is 2. The SMILES string of the molecule is COc1cc2c(cc1OC)C(c1cc(Br)ccc1Br)NCC2. The maximum atomic E-state index is 5.47. The van der Waals surface area contributed by atoms with Crippen molar-refractivity contribution in [1.82, 2.24) is 5.32 Å². The summed E-state index contributed by atoms with van der Waals surface area (Å²) in [5.74, 6) is 1.55. The van der Waals surface area contributed by atoms with E-state index in [0.717, 1.165) is 33.4 Å². The van der Waals surface area contributed by atoms with Gasteiger partial charge in [-0.1, -0.05) is 31.9 Å². The highest BCUT2D eigenvalue weighted by Gasteiger charge is 2.25. The third-order valence-electron chi connectivity index (χ3n) is 3.97. The minimum Gasteiger partial charge on any atom is -0.493 e. The Morgan fingerprint density at radius 1 is 1.00 bits per heavy atom. The zero-order valence-corrected chi connectivity index (χ0v) is 15.6. The van der Waals surface area contributed by atoms with E-state index in [2.05, 4.69) is 61.4 Å². The molecule has 1 aliphatic rings. The highest BCUT2D eigenvalue weighted by atomic mass is 79.9. The van der Waals surface area contributed by atoms with Crippen molar-refractivity contribution in [3.63, 3.8) is 0 Å². The lowest BCUT2D eigenvalue weighted by Crippen LogP contribution is -2.31. The lowest BCUT2D eigenvalue weighted by Gasteiger charge is -2.29. The van der Waals surface area contributed by atoms with Crippen LogP contribution in [0.15, 0.2) is 39.3 Å². The molecule has 1 heterocycles. The topological polar surface area (TPSA) is 30.5 Å². The van der Waals surface area contributed by atoms with Crippen LogP contribution >= 0.6 is 31.9 Å². The molecule has 0 spiro atoms. The van der Waals surface area contributed by atoms with Gasteiger partial charge in [0.1, 0.15) is 0 Å². The number of nitrogens with one attached hydrogen (secondary N) is 1. The van der Waals surface area contributed by atoms with Gasteiger partial charge in [0.15, 0.2) is 11.5 Å². The average Bonchev–Trinajstić information content (AvgIpc) is 2.55. The second-order valence-electron chi connectivity index (χ2n) is 5.21. The van der Waals surface area contributed by atoms with Crippen molar-refractivity contribution in [1.29, 1.82) is 0 Å². The summed E-state index contributed by atoms with van der Waals surface area (Å²) in [5, 5.41) is 3.60. The van der Waals surface area contributed by atoms with Gasteiger partial charge in [0.2, 0.25) is 0 Å². The first kappa shape index (κ1) is 15.8. The molecule has 0 saturated heterocycles. The third kappa shape index (κ3) is 2.90. The smallest absolute Gasteiger partial charge is 0.161 e. The van der Waals surface area contributed by atoms with Gasteiger partial charge in [-0.05, 0) is 53.4 Å². The largest absolute Gasteiger partial charge is 0.493 e. The normalized spacial score (nSPS) is 17.0. The molecule has 116 valence electrons. The summed E-state index contributed by atoms with van der Waals surface area (Å²) in [4.78, 5) is 0. The minimum atomic E-state index is 0.135. The first-order chi connectivity index (χ1) is 10.6. The molecule has 0 aromatic heterocycles. The lowest BCUT2D eigenvalue weighted by atomic mass is 9.89. The summed E-state index contributed by atoms with van der Waals surface area (Å²) >= 11 is 7.23. The van der Waals surface area contributed by atoms with Crippen LogP contribution in [0.1, 0.15) is 22.7 Å². The van der Waals surface area contributed by atoms with Crippen molar-refractivity contribution >= 4 is 31.9 Å². The van der Waals surface area contributed by atoms with Gasteiger partial charge in [0, 0.05) is 15.5 Å². The Hall–Kier alpha value is -1.04. The highest BCUT2D eigenvalue weighted by Crippen LogP contribution is 2.39. The predicted molar refractivity (Wildman–Crippen MR) is 94.9 cm³/mol. The number of halogens is 2. The molecule has 1 N–H and O–H groups in total. The number of hydrogen-bond acceptors (Lipinski definition) is 3. The third-order valence-corrected chi connectivity index (χ3v) is 5.18. The lowest BCUT2D eigenvalue weighted by molar-refractivity contribution is 0.353. The number of hydrogen-bond donors (Lipinski definition) is 1. The van der Waals surface area contributed by atoms with Crippen LogP contribution in [0.5, 0.6) is 11.5 Å². The van der Waals surface area contributed by atoms with Crippen LogP contribution in [0.4, 0.5) is 0 Å². The van der Waals surface area contributed by atoms with E-state index in [9.17, 15) is 0 Å². The van der Waals surface area contributed by atoms with Gasteiger partial charge in [-0.3, -0.25) is 0 Å². The van der Waals surface area contributed by atoms with E-state index >= 15 is 0 Å². The summed E-state index contributed by atoms with van der Waals surface area (Å²) in [6.45, 7) is 0.937. The molecule has 0 bridgehead atoms. The molecule has 1 atom stereocenters. The van der Waals surface area contributed by atoms with E-state index in [1.165, 1.54) is 16.7 Å². The van der Waals surface area contributed by atoms with Gasteiger partial charge >= 0.3 is 0 Å². The van der Waals surface area contributed by atoms with Gasteiger partial charge in [0.05, 0.1) is 20.3 Å². The van der Waals surface area contributed by atoms with E-state index in [1.807, 2.05) is 6.07 Å². The first-order valence-electron chi connectivity index (χ1n) is 7.07. The van der Waals surface area contributed by atoms with E-state index in [0.29, 0.717) is 0 Å². The molecule has 1 aliphatic heterocycles. The van der Waals surface area contributed by atoms with E-state index < -0.39 is 0 Å². The van der Waals surface area contributed by atoms with Crippen molar-refractivity contribution in [3.8, 4) is 11.5 Å². The van der Waals surface area contributed by atoms with Crippen LogP contribution in [0.3, 0.4) is 0 Å². The molecular weight excluding hydrogens is 410 g/mol. The number of rotatable bonds is 3. The van der Waals surface area contributed by atoms with E-state index in [-0.39, 0.29) is 6.04 Å². The first-order valence-corrected chi connectivity index (χ1v) is 8.65. The van der Waals surface area contributed by atoms with Crippen molar-refractivity contribution in [2.75, 3.05) is 20.8 Å². The van der Waals surface area contributed by atoms with Gasteiger partial charge in [-0.25, -0.2) is 0 Å². The molecule has 3 rings (SSSR count). The second-order valence-corrected chi connectivity index (χ2v) is 6.98. The van der Waals surface area contributed by atoms with Crippen molar-refractivity contribution in [2.24, 2.45) is 0 Å². The number of methoxy groups -OCH3 is 2. The molecular formula is C17H17Br2NO2. The maximum Gasteiger partial charge on any atom is 0.161 e. The fraction of sp³-hybridized carbons (Fsp3) is 0.294. The molecule has 1 unspecified atom stereocenters. The number of fused-ring (bicyclic) bond motifs is 1. The predicted octanol–water partition coefficient (Wildman–Crippen LogP) is 4.46. The Kier molecular flexibility index (Phi) is 4.76. The Morgan fingerprint density at radius 3 is 2.45 bits per heavy atom. The Morgan fingerprint density at radius 2 is 1.73 bits per heavy atom. The van der Waals surface area contributed by atoms with Gasteiger partial charge < -0.3 is 14.8 Å². The summed E-state index contributed by atoms with van der Waals surface area (Å²) in [6.07, 6.45) is 0.984. The Balaban J connectivity index is 2.13. The summed E-state index contributed by atoms with van der Waals surface area (Å²) in [7, 11) is 3.35. The number of benzene rings is 2. The van der Waals surface area contributed by atoms with Gasteiger partial charge in [-0.15, -0.1) is 0 Å². The van der Waals surface area contributed by atoms with E-state index in [1.54, 1.807) is 14.2 Å². The molecule has 2 aromatic rings. The molecule has 0 saturated carbocycles. The van der Waals surface area contributed by atoms with Crippen molar-refractivity contribution in [3.05, 3.63) is 56.0 Å². The van der Waals surface area contributed by atoms with Crippen LogP contribution in [0.25, 0.3) is 0 Å². The fourth-order valence-electron chi connectivity index (χ4n) is 2.90. The molecule has 22 heavy (non-hydrogen) atoms. The minimum absolute atomic E-state index is 0.135. The Labute approximate surface area is 147 Å². The Bertz CT molecular complexity index is 703. The second kappa shape index (κ2) is 6.60. The molecule has 3 nitrogen and oxygen atoms in total. The van der Waals surface area contributed by atoms with Crippen LogP contribution < -0.4 is 14.8 Å². The van der Waals surface area contributed by atoms with Gasteiger partial charge in [0.25, 0.3) is 0 Å². The molecule has 0 fully saturated rings. The van der Waals surface area contributed by atoms with Crippen molar-refractivity contribution in [2.45, 2.75) is 12.5 Å². The van der Waals surface area contributed by atoms with Crippen LogP contribution in [-0.2, 0) is 6.42 Å². The molecule has 2 aromatic carbocycles. The van der Waals surface area contributed by atoms with Crippen LogP contribution in [-0.4, -0.2) is 20.8 Å². The quantitative estimate of drug-likeness (QED) is 0.785. The van der Waals surface area contributed by atoms with Crippen molar-refractivity contribution < 1.29 is 9.47 Å². The van der Waals surface area contributed by atoms with Gasteiger partial charge in [-0.2, -0.15) is 0 Å². The van der Waals surface area contributed by atoms with Crippen LogP contribution in [0.2, 0.25) is 0 Å². The maximum absolute atomic E-state index is 5.47. The standard InChI is InChI=1S/C17H17Br2NO2/c1-21-15-7-10-5-6-20-17(12(10)9-16(15)22-2)13-8-11(18)3-4-14(13)19/h3-4,7-9,17,20H,5-6H2,1-2H3. The summed E-state index contributed by atoms with van der Waals surface area (Å²) < 4.78 is 13.1. The molecule has 0 amide bonds. The summed E-state index contributed by atoms with van der Waals surface area (Å²) in [6, 6.07) is 10.6. The zero-order chi connectivity index (χ0) is 15.7. The molecule has 5 heteroatoms. The summed E-state index contributed by atoms with van der Waals surface area (Å²) in [5.41, 5.74) is 3.75. The van der Waals surface area contributed by atoms with Crippen LogP contribution in [0, 0.1) is 0 Å². The van der Waals surface area contributed by atoms with E-state index in [4.69, 9.17) is 9.47 Å². The highest BCUT2D eigenvalue weighted by molar-refractivity contribution is 9.11. The monoisotopic (exact) mass is 425 g/mol.